The van der Waals surface area contributed by atoms with Crippen molar-refractivity contribution in [3.05, 3.63) is 10.4 Å². The second kappa shape index (κ2) is 8.12. The lowest BCUT2D eigenvalue weighted by atomic mass is 9.98. The predicted molar refractivity (Wildman–Crippen MR) is 77.7 cm³/mol. The number of hydrogen-bond donors (Lipinski definition) is 5. The molecule has 2 unspecified atom stereocenters. The monoisotopic (exact) mass is 427 g/mol. The summed E-state index contributed by atoms with van der Waals surface area (Å²) in [6.07, 6.45) is -1.70. The van der Waals surface area contributed by atoms with Crippen LogP contribution < -0.4 is 0 Å². The first-order chi connectivity index (χ1) is 11.2. The van der Waals surface area contributed by atoms with Crippen LogP contribution in [0.25, 0.3) is 10.4 Å². The van der Waals surface area contributed by atoms with Crippen LogP contribution in [0.5, 0.6) is 0 Å². The summed E-state index contributed by atoms with van der Waals surface area (Å²) in [5.41, 5.74) is 6.65. The minimum absolute atomic E-state index is 0.0840. The van der Waals surface area contributed by atoms with Crippen molar-refractivity contribution >= 4 is 23.5 Å². The first-order valence-corrected chi connectivity index (χ1v) is 10.9. The molecule has 15 nitrogen and oxygen atoms in total. The molecule has 5 N–H and O–H groups in total. The van der Waals surface area contributed by atoms with E-state index in [9.17, 15) is 23.7 Å². The van der Waals surface area contributed by atoms with Crippen LogP contribution in [0.15, 0.2) is 5.11 Å². The Morgan fingerprint density at radius 2 is 1.84 bits per heavy atom. The summed E-state index contributed by atoms with van der Waals surface area (Å²) in [7, 11) is -16.5. The number of hydrogen-bond acceptors (Lipinski definition) is 9. The molecule has 0 saturated carbocycles. The third-order valence-corrected chi connectivity index (χ3v) is 6.67. The van der Waals surface area contributed by atoms with E-state index in [1.807, 2.05) is 0 Å². The van der Waals surface area contributed by atoms with Gasteiger partial charge in [-0.2, -0.15) is 8.62 Å². The summed E-state index contributed by atoms with van der Waals surface area (Å²) in [4.78, 5) is 37.8. The summed E-state index contributed by atoms with van der Waals surface area (Å²) >= 11 is 0. The molecule has 1 saturated heterocycles. The number of ether oxygens (including phenoxy) is 1. The Hall–Kier alpha value is -0.360. The van der Waals surface area contributed by atoms with Crippen LogP contribution in [0.2, 0.25) is 0 Å². The average Bonchev–Trinajstić information content (AvgIpc) is 2.65. The van der Waals surface area contributed by atoms with Crippen molar-refractivity contribution in [2.24, 2.45) is 5.11 Å². The molecule has 0 radical (unpaired) electrons. The lowest BCUT2D eigenvalue weighted by Crippen LogP contribution is -2.46. The molecule has 0 aromatic carbocycles. The Morgan fingerprint density at radius 3 is 2.28 bits per heavy atom. The van der Waals surface area contributed by atoms with Crippen LogP contribution >= 0.6 is 23.5 Å². The van der Waals surface area contributed by atoms with Gasteiger partial charge in [0.15, 0.2) is 0 Å². The molecule has 146 valence electrons. The highest BCUT2D eigenvalue weighted by molar-refractivity contribution is 7.66. The van der Waals surface area contributed by atoms with Crippen LogP contribution in [-0.4, -0.2) is 55.6 Å². The van der Waals surface area contributed by atoms with Gasteiger partial charge in [-0.05, 0) is 12.5 Å². The van der Waals surface area contributed by atoms with Crippen molar-refractivity contribution in [2.75, 3.05) is 13.2 Å². The van der Waals surface area contributed by atoms with Gasteiger partial charge in [0.1, 0.15) is 5.60 Å². The standard InChI is InChI=1S/C7H16N3O12P3/c1-5-2-6(11)7(20-5,3-9-10-8)4-19-24(15,16)22-25(17,18)21-23(12,13)14/h5-6,11H,2-4H2,1H3,(H,15,16)(H,17,18)(H2,12,13,14)/t5-,6+,7+/m0/s1. The van der Waals surface area contributed by atoms with Crippen molar-refractivity contribution in [3.8, 4) is 0 Å². The maximum absolute atomic E-state index is 11.7. The zero-order valence-corrected chi connectivity index (χ0v) is 15.2. The molecule has 0 aromatic heterocycles. The molecule has 5 atom stereocenters. The van der Waals surface area contributed by atoms with Gasteiger partial charge in [0.25, 0.3) is 0 Å². The van der Waals surface area contributed by atoms with Crippen molar-refractivity contribution in [1.82, 2.24) is 0 Å². The van der Waals surface area contributed by atoms with Gasteiger partial charge < -0.3 is 29.4 Å². The number of nitrogens with zero attached hydrogens (tertiary/aromatic N) is 3. The predicted octanol–water partition coefficient (Wildman–Crippen LogP) is 0.548. The second-order valence-corrected chi connectivity index (χ2v) is 9.42. The maximum Gasteiger partial charge on any atom is 0.490 e. The fourth-order valence-electron chi connectivity index (χ4n) is 2.02. The van der Waals surface area contributed by atoms with Gasteiger partial charge in [0, 0.05) is 11.3 Å². The van der Waals surface area contributed by atoms with Crippen molar-refractivity contribution in [2.45, 2.75) is 31.2 Å². The molecular weight excluding hydrogens is 411 g/mol. The molecule has 18 heteroatoms. The summed E-state index contributed by atoms with van der Waals surface area (Å²) in [6.45, 7) is 0.165. The van der Waals surface area contributed by atoms with E-state index >= 15 is 0 Å². The highest BCUT2D eigenvalue weighted by Gasteiger charge is 2.49. The average molecular weight is 427 g/mol. The molecule has 0 bridgehead atoms. The third kappa shape index (κ3) is 7.41. The van der Waals surface area contributed by atoms with E-state index in [1.54, 1.807) is 6.92 Å². The SMILES string of the molecule is C[C@H]1C[C@@H](O)[C@@](CN=[N+]=[N-])(COP(=O)(O)OP(=O)(O)OP(=O)(O)O)O1. The number of azide groups is 1. The lowest BCUT2D eigenvalue weighted by Gasteiger charge is -2.30. The van der Waals surface area contributed by atoms with Crippen molar-refractivity contribution < 1.29 is 56.3 Å². The number of rotatable bonds is 9. The lowest BCUT2D eigenvalue weighted by molar-refractivity contribution is -0.0984. The van der Waals surface area contributed by atoms with E-state index in [0.29, 0.717) is 0 Å². The van der Waals surface area contributed by atoms with E-state index in [-0.39, 0.29) is 6.42 Å². The van der Waals surface area contributed by atoms with E-state index in [0.717, 1.165) is 0 Å². The van der Waals surface area contributed by atoms with Crippen LogP contribution in [0.3, 0.4) is 0 Å². The van der Waals surface area contributed by atoms with Gasteiger partial charge in [0.05, 0.1) is 25.4 Å². The maximum atomic E-state index is 11.7. The Bertz CT molecular complexity index is 675. The normalized spacial score (nSPS) is 31.8. The summed E-state index contributed by atoms with van der Waals surface area (Å²) in [5.74, 6) is 0. The van der Waals surface area contributed by atoms with Gasteiger partial charge in [-0.1, -0.05) is 5.11 Å². The molecule has 1 aliphatic rings. The van der Waals surface area contributed by atoms with Crippen molar-refractivity contribution in [1.29, 1.82) is 0 Å². The fraction of sp³-hybridized carbons (Fsp3) is 1.00. The molecule has 1 heterocycles. The Balaban J connectivity index is 2.84. The third-order valence-electron chi connectivity index (χ3n) is 2.89. The van der Waals surface area contributed by atoms with Crippen LogP contribution in [-0.2, 0) is 31.6 Å². The van der Waals surface area contributed by atoms with Crippen LogP contribution in [0.4, 0.5) is 0 Å². The number of aliphatic hydroxyl groups excluding tert-OH is 1. The van der Waals surface area contributed by atoms with Gasteiger partial charge >= 0.3 is 23.5 Å². The Kier molecular flexibility index (Phi) is 7.36. The van der Waals surface area contributed by atoms with E-state index in [1.165, 1.54) is 0 Å². The molecule has 1 rings (SSSR count). The summed E-state index contributed by atoms with van der Waals surface area (Å²) in [6, 6.07) is 0. The Labute approximate surface area is 140 Å². The zero-order chi connectivity index (χ0) is 19.5. The van der Waals surface area contributed by atoms with Gasteiger partial charge in [0.2, 0.25) is 0 Å². The minimum atomic E-state index is -5.65. The largest absolute Gasteiger partial charge is 0.490 e. The quantitative estimate of drug-likeness (QED) is 0.147. The van der Waals surface area contributed by atoms with Gasteiger partial charge in [-0.3, -0.25) is 4.52 Å². The molecular formula is C7H16N3O12P3. The first kappa shape index (κ1) is 22.7. The zero-order valence-electron chi connectivity index (χ0n) is 12.6. The first-order valence-electron chi connectivity index (χ1n) is 6.35. The van der Waals surface area contributed by atoms with E-state index in [2.05, 4.69) is 23.2 Å². The van der Waals surface area contributed by atoms with E-state index < -0.39 is 54.4 Å². The minimum Gasteiger partial charge on any atom is -0.390 e. The van der Waals surface area contributed by atoms with Crippen LogP contribution in [0.1, 0.15) is 13.3 Å². The fourth-order valence-corrected chi connectivity index (χ4v) is 5.10. The number of phosphoric ester groups is 1. The topological polar surface area (TPSA) is 238 Å². The van der Waals surface area contributed by atoms with E-state index in [4.69, 9.17) is 24.9 Å². The molecule has 0 aromatic rings. The van der Waals surface area contributed by atoms with Gasteiger partial charge in [-0.25, -0.2) is 13.7 Å². The second-order valence-electron chi connectivity index (χ2n) is 5.00. The Morgan fingerprint density at radius 1 is 1.24 bits per heavy atom. The molecule has 25 heavy (non-hydrogen) atoms. The summed E-state index contributed by atoms with van der Waals surface area (Å²) in [5, 5.41) is 13.2. The summed E-state index contributed by atoms with van der Waals surface area (Å²) < 4.78 is 50.3. The molecule has 0 spiro atoms. The highest BCUT2D eigenvalue weighted by atomic mass is 31.3. The van der Waals surface area contributed by atoms with Gasteiger partial charge in [-0.15, -0.1) is 0 Å². The smallest absolute Gasteiger partial charge is 0.390 e. The molecule has 0 aliphatic carbocycles. The van der Waals surface area contributed by atoms with Crippen molar-refractivity contribution in [3.63, 3.8) is 0 Å². The highest BCUT2D eigenvalue weighted by Crippen LogP contribution is 2.66. The molecule has 1 aliphatic heterocycles. The molecule has 1 fully saturated rings. The van der Waals surface area contributed by atoms with Crippen LogP contribution in [0, 0.1) is 0 Å². The molecule has 0 amide bonds. The number of phosphoric acid groups is 3. The number of aliphatic hydroxyl groups is 1.